The maximum Gasteiger partial charge on any atom is 0.141 e. The molecule has 1 aliphatic carbocycles. The second-order valence-electron chi connectivity index (χ2n) is 4.22. The fourth-order valence-electron chi connectivity index (χ4n) is 2.42. The molecule has 0 aliphatic heterocycles. The molecule has 2 N–H and O–H groups in total. The zero-order valence-corrected chi connectivity index (χ0v) is 11.4. The number of aryl methyl sites for hydroxylation is 1. The molecule has 0 saturated carbocycles. The number of anilines is 1. The molecule has 88 valence electrons. The predicted octanol–water partition coefficient (Wildman–Crippen LogP) is 3.42. The van der Waals surface area contributed by atoms with Gasteiger partial charge >= 0.3 is 0 Å². The van der Waals surface area contributed by atoms with Crippen LogP contribution in [0.25, 0.3) is 0 Å². The fraction of sp³-hybridized carbons (Fsp3) is 0.250. The molecule has 1 aromatic heterocycles. The first-order chi connectivity index (χ1) is 8.16. The smallest absolute Gasteiger partial charge is 0.141 e. The van der Waals surface area contributed by atoms with Crippen LogP contribution in [0, 0.1) is 0 Å². The van der Waals surface area contributed by atoms with Gasteiger partial charge < -0.3 is 5.73 Å². The second kappa shape index (κ2) is 4.03. The van der Waals surface area contributed by atoms with Crippen molar-refractivity contribution >= 4 is 33.3 Å². The van der Waals surface area contributed by atoms with Gasteiger partial charge in [0.1, 0.15) is 10.8 Å². The molecule has 3 nitrogen and oxygen atoms in total. The van der Waals surface area contributed by atoms with Crippen molar-refractivity contribution in [1.29, 1.82) is 0 Å². The SMILES string of the molecule is Nc1c(Cl)cnn1C1CCc2cc(Br)ccc21. The van der Waals surface area contributed by atoms with Crippen LogP contribution in [0.15, 0.2) is 28.9 Å². The number of rotatable bonds is 1. The van der Waals surface area contributed by atoms with Gasteiger partial charge in [0.05, 0.1) is 12.2 Å². The topological polar surface area (TPSA) is 43.8 Å². The van der Waals surface area contributed by atoms with Gasteiger partial charge in [0, 0.05) is 4.47 Å². The lowest BCUT2D eigenvalue weighted by Crippen LogP contribution is -2.11. The molecule has 1 unspecified atom stereocenters. The van der Waals surface area contributed by atoms with E-state index in [1.54, 1.807) is 6.20 Å². The van der Waals surface area contributed by atoms with E-state index in [-0.39, 0.29) is 6.04 Å². The molecular weight excluding hydrogens is 302 g/mol. The number of hydrogen-bond donors (Lipinski definition) is 1. The molecule has 3 rings (SSSR count). The first kappa shape index (κ1) is 11.1. The van der Waals surface area contributed by atoms with Crippen molar-refractivity contribution in [2.45, 2.75) is 18.9 Å². The van der Waals surface area contributed by atoms with E-state index >= 15 is 0 Å². The number of nitrogens with zero attached hydrogens (tertiary/aromatic N) is 2. The van der Waals surface area contributed by atoms with Crippen molar-refractivity contribution in [2.24, 2.45) is 0 Å². The number of halogens is 2. The monoisotopic (exact) mass is 311 g/mol. The normalized spacial score (nSPS) is 18.4. The number of hydrogen-bond acceptors (Lipinski definition) is 2. The fourth-order valence-corrected chi connectivity index (χ4v) is 2.96. The van der Waals surface area contributed by atoms with Crippen molar-refractivity contribution in [2.75, 3.05) is 5.73 Å². The Labute approximate surface area is 113 Å². The molecular formula is C12H11BrClN3. The third kappa shape index (κ3) is 1.76. The minimum atomic E-state index is 0.214. The summed E-state index contributed by atoms with van der Waals surface area (Å²) in [6, 6.07) is 6.56. The van der Waals surface area contributed by atoms with Crippen LogP contribution in [0.4, 0.5) is 5.82 Å². The number of nitrogen functional groups attached to an aromatic ring is 1. The van der Waals surface area contributed by atoms with Crippen LogP contribution in [0.1, 0.15) is 23.6 Å². The van der Waals surface area contributed by atoms with Gasteiger partial charge in [0.15, 0.2) is 0 Å². The molecule has 1 atom stereocenters. The van der Waals surface area contributed by atoms with Gasteiger partial charge in [-0.2, -0.15) is 5.10 Å². The summed E-state index contributed by atoms with van der Waals surface area (Å²) in [5.74, 6) is 0.549. The average Bonchev–Trinajstić information content (AvgIpc) is 2.84. The number of aromatic nitrogens is 2. The van der Waals surface area contributed by atoms with Crippen LogP contribution >= 0.6 is 27.5 Å². The summed E-state index contributed by atoms with van der Waals surface area (Å²) in [6.45, 7) is 0. The Morgan fingerprint density at radius 3 is 3.00 bits per heavy atom. The van der Waals surface area contributed by atoms with Gasteiger partial charge in [0.25, 0.3) is 0 Å². The van der Waals surface area contributed by atoms with E-state index in [4.69, 9.17) is 17.3 Å². The zero-order chi connectivity index (χ0) is 12.0. The summed E-state index contributed by atoms with van der Waals surface area (Å²) < 4.78 is 2.94. The number of benzene rings is 1. The van der Waals surface area contributed by atoms with Crippen LogP contribution in [-0.2, 0) is 6.42 Å². The molecule has 2 aromatic rings. The first-order valence-corrected chi connectivity index (χ1v) is 6.60. The van der Waals surface area contributed by atoms with E-state index in [9.17, 15) is 0 Å². The second-order valence-corrected chi connectivity index (χ2v) is 5.54. The average molecular weight is 313 g/mol. The Balaban J connectivity index is 2.07. The van der Waals surface area contributed by atoms with Gasteiger partial charge in [-0.15, -0.1) is 0 Å². The molecule has 1 aliphatic rings. The molecule has 0 fully saturated rings. The maximum absolute atomic E-state index is 5.94. The van der Waals surface area contributed by atoms with Crippen LogP contribution in [0.5, 0.6) is 0 Å². The van der Waals surface area contributed by atoms with Gasteiger partial charge in [-0.25, -0.2) is 4.68 Å². The summed E-state index contributed by atoms with van der Waals surface area (Å²) >= 11 is 9.44. The summed E-state index contributed by atoms with van der Waals surface area (Å²) in [7, 11) is 0. The van der Waals surface area contributed by atoms with Crippen LogP contribution in [0.2, 0.25) is 5.02 Å². The lowest BCUT2D eigenvalue weighted by atomic mass is 10.1. The van der Waals surface area contributed by atoms with Crippen LogP contribution in [-0.4, -0.2) is 9.78 Å². The van der Waals surface area contributed by atoms with Crippen LogP contribution < -0.4 is 5.73 Å². The standard InChI is InChI=1S/C12H11BrClN3/c13-8-2-3-9-7(5-8)1-4-11(9)17-12(15)10(14)6-16-17/h2-3,5-6,11H,1,4,15H2. The zero-order valence-electron chi connectivity index (χ0n) is 9.03. The van der Waals surface area contributed by atoms with E-state index in [2.05, 4.69) is 39.2 Å². The summed E-state index contributed by atoms with van der Waals surface area (Å²) in [5, 5.41) is 4.79. The van der Waals surface area contributed by atoms with E-state index in [0.29, 0.717) is 10.8 Å². The molecule has 17 heavy (non-hydrogen) atoms. The molecule has 0 bridgehead atoms. The Morgan fingerprint density at radius 2 is 2.29 bits per heavy atom. The van der Waals surface area contributed by atoms with Crippen molar-refractivity contribution in [1.82, 2.24) is 9.78 Å². The lowest BCUT2D eigenvalue weighted by molar-refractivity contribution is 0.528. The third-order valence-corrected chi connectivity index (χ3v) is 4.02. The Hall–Kier alpha value is -1.000. The minimum absolute atomic E-state index is 0.214. The van der Waals surface area contributed by atoms with Crippen molar-refractivity contribution in [3.05, 3.63) is 45.0 Å². The van der Waals surface area contributed by atoms with Gasteiger partial charge in [-0.05, 0) is 36.1 Å². The first-order valence-electron chi connectivity index (χ1n) is 5.43. The summed E-state index contributed by atoms with van der Waals surface area (Å²) in [5.41, 5.74) is 8.58. The van der Waals surface area contributed by atoms with Crippen molar-refractivity contribution in [3.8, 4) is 0 Å². The minimum Gasteiger partial charge on any atom is -0.383 e. The van der Waals surface area contributed by atoms with Gasteiger partial charge in [0.2, 0.25) is 0 Å². The number of fused-ring (bicyclic) bond motifs is 1. The molecule has 0 saturated heterocycles. The molecule has 0 radical (unpaired) electrons. The highest BCUT2D eigenvalue weighted by atomic mass is 79.9. The van der Waals surface area contributed by atoms with Crippen LogP contribution in [0.3, 0.4) is 0 Å². The number of nitrogens with two attached hydrogens (primary N) is 1. The van der Waals surface area contributed by atoms with E-state index < -0.39 is 0 Å². The molecule has 0 amide bonds. The highest BCUT2D eigenvalue weighted by molar-refractivity contribution is 9.10. The predicted molar refractivity (Wildman–Crippen MR) is 72.3 cm³/mol. The summed E-state index contributed by atoms with van der Waals surface area (Å²) in [4.78, 5) is 0. The Bertz CT molecular complexity index is 579. The van der Waals surface area contributed by atoms with Gasteiger partial charge in [-0.3, -0.25) is 0 Å². The van der Waals surface area contributed by atoms with Crippen molar-refractivity contribution < 1.29 is 0 Å². The van der Waals surface area contributed by atoms with E-state index in [1.807, 2.05) is 4.68 Å². The highest BCUT2D eigenvalue weighted by Gasteiger charge is 2.26. The molecule has 1 aromatic carbocycles. The van der Waals surface area contributed by atoms with Crippen molar-refractivity contribution in [3.63, 3.8) is 0 Å². The highest BCUT2D eigenvalue weighted by Crippen LogP contribution is 2.37. The Kier molecular flexibility index (Phi) is 2.64. The van der Waals surface area contributed by atoms with Gasteiger partial charge in [-0.1, -0.05) is 33.6 Å². The molecule has 0 spiro atoms. The van der Waals surface area contributed by atoms with E-state index in [0.717, 1.165) is 17.3 Å². The quantitative estimate of drug-likeness (QED) is 0.877. The van der Waals surface area contributed by atoms with E-state index in [1.165, 1.54) is 11.1 Å². The largest absolute Gasteiger partial charge is 0.383 e. The molecule has 5 heteroatoms. The third-order valence-electron chi connectivity index (χ3n) is 3.23. The summed E-state index contributed by atoms with van der Waals surface area (Å²) in [6.07, 6.45) is 3.68. The lowest BCUT2D eigenvalue weighted by Gasteiger charge is -2.14. The maximum atomic E-state index is 5.94. The Morgan fingerprint density at radius 1 is 1.47 bits per heavy atom. The molecule has 1 heterocycles.